The average molecular weight is 207 g/mol. The molecule has 1 aromatic rings. The van der Waals surface area contributed by atoms with Gasteiger partial charge in [0, 0.05) is 20.9 Å². The molecule has 1 aromatic carbocycles. The van der Waals surface area contributed by atoms with Crippen LogP contribution in [-0.4, -0.2) is 18.7 Å². The summed E-state index contributed by atoms with van der Waals surface area (Å²) in [4.78, 5) is 0.166. The number of hydrogen-bond donors (Lipinski definition) is 0. The van der Waals surface area contributed by atoms with E-state index in [9.17, 15) is 8.42 Å². The molecule has 0 heterocycles. The fourth-order valence-corrected chi connectivity index (χ4v) is 1.80. The Bertz CT molecular complexity index is 343. The normalized spacial score (nSPS) is 11.7. The van der Waals surface area contributed by atoms with Gasteiger partial charge in [0.05, 0.1) is 4.90 Å². The van der Waals surface area contributed by atoms with E-state index in [0.717, 1.165) is 15.4 Å². The van der Waals surface area contributed by atoms with E-state index in [0.29, 0.717) is 0 Å². The minimum Gasteiger partial charge on any atom is -0.207 e. The number of benzene rings is 1. The third kappa shape index (κ3) is 2.32. The minimum absolute atomic E-state index is 0.166. The molecule has 0 aromatic heterocycles. The van der Waals surface area contributed by atoms with Gasteiger partial charge in [-0.2, -0.15) is 0 Å². The highest BCUT2D eigenvalue weighted by Crippen LogP contribution is 2.11. The van der Waals surface area contributed by atoms with Crippen LogP contribution in [0, 0.1) is 0 Å². The maximum absolute atomic E-state index is 10.7. The summed E-state index contributed by atoms with van der Waals surface area (Å²) in [6.07, 6.45) is 0. The van der Waals surface area contributed by atoms with Crippen LogP contribution in [-0.2, 0) is 9.05 Å². The highest BCUT2D eigenvalue weighted by molar-refractivity contribution is 8.13. The van der Waals surface area contributed by atoms with Crippen molar-refractivity contribution < 1.29 is 8.42 Å². The zero-order valence-corrected chi connectivity index (χ0v) is 9.48. The summed E-state index contributed by atoms with van der Waals surface area (Å²) in [5.74, 6) is 0. The Balaban J connectivity index is 3.20. The molecule has 0 radical (unpaired) electrons. The topological polar surface area (TPSA) is 34.1 Å². The van der Waals surface area contributed by atoms with E-state index in [1.165, 1.54) is 12.1 Å². The van der Waals surface area contributed by atoms with Crippen LogP contribution < -0.4 is 5.19 Å². The predicted octanol–water partition coefficient (Wildman–Crippen LogP) is -0.395. The second-order valence-corrected chi connectivity index (χ2v) is 5.97. The maximum Gasteiger partial charge on any atom is 0.261 e. The van der Waals surface area contributed by atoms with E-state index in [-0.39, 0.29) is 4.90 Å². The lowest BCUT2D eigenvalue weighted by Gasteiger charge is -1.94. The van der Waals surface area contributed by atoms with E-state index in [1.807, 2.05) is 0 Å². The van der Waals surface area contributed by atoms with Crippen molar-refractivity contribution in [3.05, 3.63) is 24.3 Å². The van der Waals surface area contributed by atoms with Gasteiger partial charge in [0.25, 0.3) is 9.05 Å². The molecule has 2 nitrogen and oxygen atoms in total. The number of hydrogen-bond acceptors (Lipinski definition) is 2. The van der Waals surface area contributed by atoms with E-state index >= 15 is 0 Å². The van der Waals surface area contributed by atoms with Crippen molar-refractivity contribution >= 4 is 35.2 Å². The largest absolute Gasteiger partial charge is 0.261 e. The molecule has 0 aliphatic carbocycles. The van der Waals surface area contributed by atoms with Crippen molar-refractivity contribution in [1.82, 2.24) is 0 Å². The van der Waals surface area contributed by atoms with E-state index < -0.39 is 9.05 Å². The minimum atomic E-state index is -3.53. The van der Waals surface area contributed by atoms with E-state index in [2.05, 4.69) is 0 Å². The third-order valence-electron chi connectivity index (χ3n) is 1.30. The van der Waals surface area contributed by atoms with Crippen molar-refractivity contribution in [2.75, 3.05) is 0 Å². The Kier molecular flexibility index (Phi) is 2.36. The Morgan fingerprint density at radius 3 is 2.00 bits per heavy atom. The van der Waals surface area contributed by atoms with E-state index in [4.69, 9.17) is 10.7 Å². The summed E-state index contributed by atoms with van der Waals surface area (Å²) >= 11 is 0. The summed E-state index contributed by atoms with van der Waals surface area (Å²) in [6.45, 7) is 0. The van der Waals surface area contributed by atoms with E-state index in [1.54, 1.807) is 12.1 Å². The lowest BCUT2D eigenvalue weighted by atomic mass is 10.4. The van der Waals surface area contributed by atoms with Crippen LogP contribution in [0.2, 0.25) is 0 Å². The molecule has 0 atom stereocenters. The molecule has 0 fully saturated rings. The summed E-state index contributed by atoms with van der Waals surface area (Å²) in [7, 11) is 2.48. The molecule has 0 aliphatic rings. The van der Waals surface area contributed by atoms with Crippen molar-refractivity contribution in [1.29, 1.82) is 0 Å². The lowest BCUT2D eigenvalue weighted by molar-refractivity contribution is 0.609. The van der Waals surface area contributed by atoms with Gasteiger partial charge in [0.2, 0.25) is 0 Å². The van der Waals surface area contributed by atoms with Crippen LogP contribution in [0.1, 0.15) is 0 Å². The molecule has 0 N–H and O–H groups in total. The van der Waals surface area contributed by atoms with Gasteiger partial charge in [-0.15, -0.1) is 0 Å². The number of rotatable bonds is 1. The molecule has 0 bridgehead atoms. The molecule has 1 rings (SSSR count). The molecule has 0 aliphatic heterocycles. The summed E-state index contributed by atoms with van der Waals surface area (Å²) < 4.78 is 21.4. The smallest absolute Gasteiger partial charge is 0.207 e. The zero-order valence-electron chi connectivity index (χ0n) is 5.91. The molecule has 11 heavy (non-hydrogen) atoms. The van der Waals surface area contributed by atoms with Gasteiger partial charge in [0.1, 0.15) is 0 Å². The van der Waals surface area contributed by atoms with Crippen molar-refractivity contribution in [3.63, 3.8) is 0 Å². The maximum atomic E-state index is 10.7. The Morgan fingerprint density at radius 1 is 1.18 bits per heavy atom. The summed E-state index contributed by atoms with van der Waals surface area (Å²) in [5.41, 5.74) is 0. The van der Waals surface area contributed by atoms with Gasteiger partial charge in [-0.25, -0.2) is 8.42 Å². The second kappa shape index (κ2) is 2.96. The van der Waals surface area contributed by atoms with Gasteiger partial charge in [-0.3, -0.25) is 0 Å². The third-order valence-corrected chi connectivity index (χ3v) is 3.34. The van der Waals surface area contributed by atoms with Crippen LogP contribution >= 0.6 is 10.7 Å². The highest BCUT2D eigenvalue weighted by atomic mass is 35.7. The quantitative estimate of drug-likeness (QED) is 0.463. The Morgan fingerprint density at radius 2 is 1.64 bits per heavy atom. The first kappa shape index (κ1) is 8.77. The first-order chi connectivity index (χ1) is 5.00. The van der Waals surface area contributed by atoms with Gasteiger partial charge < -0.3 is 0 Å². The van der Waals surface area contributed by atoms with Crippen LogP contribution in [0.5, 0.6) is 0 Å². The molecule has 0 unspecified atom stereocenters. The highest BCUT2D eigenvalue weighted by Gasteiger charge is 2.07. The summed E-state index contributed by atoms with van der Waals surface area (Å²) in [6, 6.07) is 6.57. The second-order valence-electron chi connectivity index (χ2n) is 2.25. The van der Waals surface area contributed by atoms with Gasteiger partial charge in [-0.05, 0) is 12.1 Å². The molecule has 0 amide bonds. The van der Waals surface area contributed by atoms with Gasteiger partial charge in [0.15, 0.2) is 0 Å². The first-order valence-electron chi connectivity index (χ1n) is 3.01. The molecule has 0 spiro atoms. The monoisotopic (exact) mass is 206 g/mol. The Labute approximate surface area is 73.0 Å². The molecule has 0 saturated carbocycles. The van der Waals surface area contributed by atoms with Crippen LogP contribution in [0.25, 0.3) is 0 Å². The molecule has 60 valence electrons. The first-order valence-corrected chi connectivity index (χ1v) is 6.32. The number of halogens is 1. The standard InChI is InChI=1S/C6H7ClO2SSi/c7-10(8,9)5-1-3-6(11)4-2-5/h1-4H,11H3. The molecule has 0 saturated heterocycles. The zero-order chi connectivity index (χ0) is 8.48. The van der Waals surface area contributed by atoms with Gasteiger partial charge in [-0.1, -0.05) is 17.3 Å². The van der Waals surface area contributed by atoms with Crippen molar-refractivity contribution in [2.24, 2.45) is 0 Å². The predicted molar refractivity (Wildman–Crippen MR) is 49.1 cm³/mol. The van der Waals surface area contributed by atoms with Crippen LogP contribution in [0.3, 0.4) is 0 Å². The SMILES string of the molecule is O=S(=O)(Cl)c1ccc([SiH3])cc1. The molecular weight excluding hydrogens is 200 g/mol. The average Bonchev–Trinajstić information content (AvgIpc) is 1.86. The molecular formula is C6H7ClO2SSi. The fraction of sp³-hybridized carbons (Fsp3) is 0. The van der Waals surface area contributed by atoms with Crippen molar-refractivity contribution in [2.45, 2.75) is 4.90 Å². The summed E-state index contributed by atoms with van der Waals surface area (Å²) in [5, 5.41) is 1.15. The Hall–Kier alpha value is -0.323. The van der Waals surface area contributed by atoms with Crippen LogP contribution in [0.4, 0.5) is 0 Å². The van der Waals surface area contributed by atoms with Gasteiger partial charge >= 0.3 is 0 Å². The van der Waals surface area contributed by atoms with Crippen molar-refractivity contribution in [3.8, 4) is 0 Å². The fourth-order valence-electron chi connectivity index (χ4n) is 0.701. The lowest BCUT2D eigenvalue weighted by Crippen LogP contribution is -2.01. The molecule has 5 heteroatoms. The van der Waals surface area contributed by atoms with Crippen LogP contribution in [0.15, 0.2) is 29.2 Å².